The van der Waals surface area contributed by atoms with Crippen LogP contribution < -0.4 is 5.32 Å². The molecule has 7 atom stereocenters. The molecule has 5 aliphatic carbocycles. The monoisotopic (exact) mass is 419 g/mol. The minimum Gasteiger partial charge on any atom is -0.348 e. The number of carbonyl (C=O) groups excluding carboxylic acids is 1. The van der Waals surface area contributed by atoms with Gasteiger partial charge in [-0.3, -0.25) is 4.79 Å². The Balaban J connectivity index is 1.15. The van der Waals surface area contributed by atoms with Crippen molar-refractivity contribution in [2.24, 2.45) is 35.0 Å². The highest BCUT2D eigenvalue weighted by Gasteiger charge is 2.77. The number of hydrogen-bond donors (Lipinski definition) is 1. The Kier molecular flexibility index (Phi) is 3.68. The van der Waals surface area contributed by atoms with Gasteiger partial charge in [-0.1, -0.05) is 0 Å². The molecule has 4 nitrogen and oxygen atoms in total. The van der Waals surface area contributed by atoms with Gasteiger partial charge in [0.2, 0.25) is 0 Å². The van der Waals surface area contributed by atoms with Crippen molar-refractivity contribution in [2.75, 3.05) is 0 Å². The number of halogens is 1. The highest BCUT2D eigenvalue weighted by Crippen LogP contribution is 2.83. The number of benzene rings is 1. The molecular formula is C26H30FN3O. The van der Waals surface area contributed by atoms with Crippen LogP contribution in [0.15, 0.2) is 24.3 Å². The average Bonchev–Trinajstić information content (AvgIpc) is 3.40. The van der Waals surface area contributed by atoms with Gasteiger partial charge in [0, 0.05) is 17.3 Å². The maximum absolute atomic E-state index is 13.4. The van der Waals surface area contributed by atoms with Crippen LogP contribution in [0.5, 0.6) is 0 Å². The summed E-state index contributed by atoms with van der Waals surface area (Å²) < 4.78 is 15.3. The average molecular weight is 420 g/mol. The van der Waals surface area contributed by atoms with E-state index in [4.69, 9.17) is 5.10 Å². The molecule has 1 spiro atoms. The van der Waals surface area contributed by atoms with Gasteiger partial charge in [0.1, 0.15) is 5.82 Å². The topological polar surface area (TPSA) is 46.9 Å². The molecule has 1 N–H and O–H groups in total. The molecule has 1 heterocycles. The smallest absolute Gasteiger partial charge is 0.272 e. The van der Waals surface area contributed by atoms with Crippen LogP contribution >= 0.6 is 0 Å². The summed E-state index contributed by atoms with van der Waals surface area (Å²) >= 11 is 0. The number of fused-ring (bicyclic) bond motifs is 2. The van der Waals surface area contributed by atoms with Gasteiger partial charge in [-0.05, 0) is 118 Å². The Morgan fingerprint density at radius 3 is 2.74 bits per heavy atom. The molecule has 2 bridgehead atoms. The molecule has 31 heavy (non-hydrogen) atoms. The summed E-state index contributed by atoms with van der Waals surface area (Å²) in [6.07, 6.45) is 9.75. The molecular weight excluding hydrogens is 389 g/mol. The zero-order valence-corrected chi connectivity index (χ0v) is 18.1. The molecule has 5 heteroatoms. The van der Waals surface area contributed by atoms with Crippen LogP contribution in [0, 0.1) is 40.8 Å². The lowest BCUT2D eigenvalue weighted by Gasteiger charge is -2.72. The van der Waals surface area contributed by atoms with Crippen molar-refractivity contribution >= 4 is 5.91 Å². The lowest BCUT2D eigenvalue weighted by atomic mass is 9.33. The summed E-state index contributed by atoms with van der Waals surface area (Å²) in [6.45, 7) is 2.22. The molecule has 5 aliphatic rings. The van der Waals surface area contributed by atoms with Gasteiger partial charge >= 0.3 is 0 Å². The van der Waals surface area contributed by atoms with Crippen LogP contribution in [-0.4, -0.2) is 21.7 Å². The molecule has 1 aromatic carbocycles. The molecule has 0 radical (unpaired) electrons. The van der Waals surface area contributed by atoms with E-state index in [1.54, 1.807) is 12.1 Å². The van der Waals surface area contributed by atoms with E-state index in [-0.39, 0.29) is 17.8 Å². The Labute approximate surface area is 182 Å². The summed E-state index contributed by atoms with van der Waals surface area (Å²) in [4.78, 5) is 13.4. The maximum atomic E-state index is 13.4. The third-order valence-corrected chi connectivity index (χ3v) is 9.86. The molecule has 4 fully saturated rings. The normalized spacial score (nSPS) is 37.4. The number of hydrogen-bond acceptors (Lipinski definition) is 2. The van der Waals surface area contributed by atoms with Crippen LogP contribution in [0.4, 0.5) is 4.39 Å². The number of carbonyl (C=O) groups is 1. The van der Waals surface area contributed by atoms with Crippen molar-refractivity contribution in [1.82, 2.24) is 15.1 Å². The zero-order chi connectivity index (χ0) is 20.9. The van der Waals surface area contributed by atoms with Gasteiger partial charge in [0.05, 0.1) is 5.69 Å². The fourth-order valence-electron chi connectivity index (χ4n) is 8.83. The third kappa shape index (κ3) is 2.30. The van der Waals surface area contributed by atoms with E-state index in [1.807, 2.05) is 4.68 Å². The first kappa shape index (κ1) is 18.4. The summed E-state index contributed by atoms with van der Waals surface area (Å²) in [6, 6.07) is 6.63. The lowest BCUT2D eigenvalue weighted by Crippen LogP contribution is -2.69. The summed E-state index contributed by atoms with van der Waals surface area (Å²) in [5.74, 6) is 4.03. The van der Waals surface area contributed by atoms with E-state index in [0.717, 1.165) is 66.3 Å². The Morgan fingerprint density at radius 1 is 1.16 bits per heavy atom. The lowest BCUT2D eigenvalue weighted by molar-refractivity contribution is -0.235. The van der Waals surface area contributed by atoms with Gasteiger partial charge in [-0.15, -0.1) is 0 Å². The number of rotatable bonds is 4. The van der Waals surface area contributed by atoms with Gasteiger partial charge < -0.3 is 5.32 Å². The molecule has 0 saturated heterocycles. The highest BCUT2D eigenvalue weighted by molar-refractivity contribution is 5.94. The van der Waals surface area contributed by atoms with Crippen molar-refractivity contribution in [1.29, 1.82) is 0 Å². The fourth-order valence-corrected chi connectivity index (χ4v) is 8.83. The Bertz CT molecular complexity index is 1080. The first-order valence-electron chi connectivity index (χ1n) is 12.2. The van der Waals surface area contributed by atoms with Crippen LogP contribution in [0.2, 0.25) is 0 Å². The first-order valence-corrected chi connectivity index (χ1v) is 12.2. The molecule has 0 aliphatic heterocycles. The van der Waals surface area contributed by atoms with Crippen LogP contribution in [0.25, 0.3) is 5.69 Å². The molecule has 1 aromatic heterocycles. The predicted molar refractivity (Wildman–Crippen MR) is 115 cm³/mol. The second-order valence-electron chi connectivity index (χ2n) is 11.0. The molecule has 1 amide bonds. The van der Waals surface area contributed by atoms with Gasteiger partial charge in [0.25, 0.3) is 5.91 Å². The Hall–Kier alpha value is -2.17. The van der Waals surface area contributed by atoms with E-state index < -0.39 is 0 Å². The summed E-state index contributed by atoms with van der Waals surface area (Å²) in [7, 11) is 0. The first-order chi connectivity index (χ1) is 15.1. The molecule has 7 unspecified atom stereocenters. The largest absolute Gasteiger partial charge is 0.348 e. The van der Waals surface area contributed by atoms with Crippen molar-refractivity contribution in [2.45, 2.75) is 64.3 Å². The number of aromatic nitrogens is 2. The van der Waals surface area contributed by atoms with Crippen molar-refractivity contribution in [3.05, 3.63) is 47.0 Å². The molecule has 7 rings (SSSR count). The quantitative estimate of drug-likeness (QED) is 0.781. The SMILES string of the molecule is CC(NC(=O)c1nn(-c2ccc(F)cc2)c2c1CCCC2)C1C2CC3CC4CC1C42C3. The predicted octanol–water partition coefficient (Wildman–Crippen LogP) is 4.69. The highest BCUT2D eigenvalue weighted by atomic mass is 19.1. The Morgan fingerprint density at radius 2 is 1.94 bits per heavy atom. The van der Waals surface area contributed by atoms with Gasteiger partial charge in [0.15, 0.2) is 5.69 Å². The molecule has 162 valence electrons. The van der Waals surface area contributed by atoms with Crippen molar-refractivity contribution in [3.63, 3.8) is 0 Å². The second-order valence-corrected chi connectivity index (χ2v) is 11.0. The molecule has 4 saturated carbocycles. The minimum atomic E-state index is -0.256. The van der Waals surface area contributed by atoms with E-state index in [9.17, 15) is 9.18 Å². The fraction of sp³-hybridized carbons (Fsp3) is 0.615. The zero-order valence-electron chi connectivity index (χ0n) is 18.1. The van der Waals surface area contributed by atoms with Crippen LogP contribution in [-0.2, 0) is 12.8 Å². The van der Waals surface area contributed by atoms with E-state index in [1.165, 1.54) is 37.8 Å². The van der Waals surface area contributed by atoms with Crippen LogP contribution in [0.1, 0.15) is 67.2 Å². The summed E-state index contributed by atoms with van der Waals surface area (Å²) in [5.41, 5.74) is 4.30. The summed E-state index contributed by atoms with van der Waals surface area (Å²) in [5, 5.41) is 8.13. The van der Waals surface area contributed by atoms with E-state index in [2.05, 4.69) is 12.2 Å². The second kappa shape index (κ2) is 6.20. The third-order valence-electron chi connectivity index (χ3n) is 9.86. The van der Waals surface area contributed by atoms with Crippen molar-refractivity contribution in [3.8, 4) is 5.69 Å². The standard InChI is InChI=1S/C26H30FN3O/c1-14(23-20-11-15-10-16-12-21(23)26(16,20)13-15)28-25(31)24-19-4-2-3-5-22(19)30(29-24)18-8-6-17(27)7-9-18/h6-9,14-16,20-21,23H,2-5,10-13H2,1H3,(H,28,31). The molecule has 2 aromatic rings. The minimum absolute atomic E-state index is 0.0218. The van der Waals surface area contributed by atoms with Gasteiger partial charge in [-0.25, -0.2) is 9.07 Å². The van der Waals surface area contributed by atoms with Crippen molar-refractivity contribution < 1.29 is 9.18 Å². The van der Waals surface area contributed by atoms with E-state index in [0.29, 0.717) is 17.0 Å². The number of amides is 1. The van der Waals surface area contributed by atoms with E-state index >= 15 is 0 Å². The number of nitrogens with zero attached hydrogens (tertiary/aromatic N) is 2. The van der Waals surface area contributed by atoms with Gasteiger partial charge in [-0.2, -0.15) is 5.10 Å². The van der Waals surface area contributed by atoms with Crippen LogP contribution in [0.3, 0.4) is 0 Å². The maximum Gasteiger partial charge on any atom is 0.272 e. The number of nitrogens with one attached hydrogen (secondary N) is 1.